The molecule has 40 heavy (non-hydrogen) atoms. The fraction of sp³-hybridized carbons (Fsp3) is 0.593. The number of ketones is 3. The molecule has 1 aromatic rings. The van der Waals surface area contributed by atoms with Crippen LogP contribution in [-0.2, 0) is 14.4 Å². The zero-order valence-electron chi connectivity index (χ0n) is 22.4. The van der Waals surface area contributed by atoms with Crippen LogP contribution in [0.15, 0.2) is 33.3 Å². The topological polar surface area (TPSA) is 215 Å². The summed E-state index contributed by atoms with van der Waals surface area (Å²) in [4.78, 5) is 57.2. The van der Waals surface area contributed by atoms with Gasteiger partial charge in [-0.2, -0.15) is 5.10 Å². The first kappa shape index (κ1) is 29.3. The van der Waals surface area contributed by atoms with Crippen molar-refractivity contribution in [3.8, 4) is 0 Å². The number of carbonyl (C=O) groups is 4. The van der Waals surface area contributed by atoms with Gasteiger partial charge in [0.25, 0.3) is 0 Å². The number of nitrogens with one attached hydrogen (secondary N) is 1. The summed E-state index contributed by atoms with van der Waals surface area (Å²) < 4.78 is 4.69. The molecule has 5 N–H and O–H groups in total. The molecule has 3 saturated carbocycles. The normalized spacial score (nSPS) is 34.6. The highest BCUT2D eigenvalue weighted by Gasteiger charge is 2.68. The van der Waals surface area contributed by atoms with E-state index in [2.05, 4.69) is 16.4 Å². The number of nitrogens with two attached hydrogens (primary N) is 1. The van der Waals surface area contributed by atoms with Crippen LogP contribution in [0.1, 0.15) is 64.6 Å². The first-order valence-electron chi connectivity index (χ1n) is 13.2. The Morgan fingerprint density at radius 3 is 2.60 bits per heavy atom. The lowest BCUT2D eigenvalue weighted by molar-refractivity contribution is -0.402. The molecule has 4 aliphatic rings. The van der Waals surface area contributed by atoms with Crippen molar-refractivity contribution < 1.29 is 38.7 Å². The summed E-state index contributed by atoms with van der Waals surface area (Å²) in [6.45, 7) is 3.31. The maximum Gasteiger partial charge on any atom is 0.433 e. The molecular weight excluding hydrogens is 524 g/mol. The fourth-order valence-electron chi connectivity index (χ4n) is 7.65. The monoisotopic (exact) mass is 558 g/mol. The number of aliphatic hydroxyl groups is 2. The van der Waals surface area contributed by atoms with Crippen molar-refractivity contribution in [3.05, 3.63) is 39.7 Å². The van der Waals surface area contributed by atoms with Crippen molar-refractivity contribution in [2.75, 3.05) is 6.61 Å². The van der Waals surface area contributed by atoms with Gasteiger partial charge in [-0.1, -0.05) is 19.4 Å². The summed E-state index contributed by atoms with van der Waals surface area (Å²) in [6.07, 6.45) is 6.92. The molecule has 2 amide bonds. The lowest BCUT2D eigenvalue weighted by Crippen LogP contribution is -2.60. The number of carbonyl (C=O) groups excluding carboxylic acids is 4. The third kappa shape index (κ3) is 4.87. The number of allylic oxidation sites excluding steroid dienone is 1. The van der Waals surface area contributed by atoms with Crippen molar-refractivity contribution in [2.45, 2.75) is 64.4 Å². The Hall–Kier alpha value is -3.71. The number of rotatable bonds is 5. The predicted molar refractivity (Wildman–Crippen MR) is 140 cm³/mol. The molecule has 0 unspecified atom stereocenters. The van der Waals surface area contributed by atoms with E-state index in [9.17, 15) is 39.5 Å². The molecule has 216 valence electrons. The highest BCUT2D eigenvalue weighted by molar-refractivity contribution is 5.94. The van der Waals surface area contributed by atoms with E-state index in [0.717, 1.165) is 24.6 Å². The zero-order valence-corrected chi connectivity index (χ0v) is 22.4. The Morgan fingerprint density at radius 1 is 1.25 bits per heavy atom. The maximum absolute atomic E-state index is 13.3. The maximum atomic E-state index is 13.3. The molecule has 1 aromatic heterocycles. The Balaban J connectivity index is 0.000000224. The summed E-state index contributed by atoms with van der Waals surface area (Å²) in [5.74, 6) is -0.426. The largest absolute Gasteiger partial charge is 0.433 e. The highest BCUT2D eigenvalue weighted by Crippen LogP contribution is 2.66. The van der Waals surface area contributed by atoms with Gasteiger partial charge in [-0.15, -0.1) is 0 Å². The minimum atomic E-state index is -1.60. The van der Waals surface area contributed by atoms with Gasteiger partial charge in [-0.25, -0.2) is 10.2 Å². The van der Waals surface area contributed by atoms with Gasteiger partial charge in [0.15, 0.2) is 17.3 Å². The first-order chi connectivity index (χ1) is 18.8. The molecule has 0 aliphatic heterocycles. The molecule has 6 atom stereocenters. The number of amides is 2. The molecule has 1 heterocycles. The second kappa shape index (κ2) is 10.7. The first-order valence-corrected chi connectivity index (χ1v) is 13.2. The number of hydrogen-bond donors (Lipinski definition) is 4. The molecule has 0 bridgehead atoms. The molecule has 0 radical (unpaired) electrons. The van der Waals surface area contributed by atoms with Crippen molar-refractivity contribution in [1.82, 2.24) is 5.43 Å². The van der Waals surface area contributed by atoms with Gasteiger partial charge < -0.3 is 20.4 Å². The van der Waals surface area contributed by atoms with Crippen LogP contribution in [0.4, 0.5) is 10.7 Å². The Morgan fingerprint density at radius 2 is 1.98 bits per heavy atom. The quantitative estimate of drug-likeness (QED) is 0.236. The van der Waals surface area contributed by atoms with Crippen molar-refractivity contribution >= 4 is 35.5 Å². The molecule has 0 aromatic carbocycles. The number of nitro groups is 1. The Labute approximate surface area is 230 Å². The number of urea groups is 1. The van der Waals surface area contributed by atoms with Gasteiger partial charge in [0.1, 0.15) is 22.9 Å². The van der Waals surface area contributed by atoms with Crippen molar-refractivity contribution in [1.29, 1.82) is 0 Å². The van der Waals surface area contributed by atoms with Crippen LogP contribution in [0, 0.1) is 38.7 Å². The van der Waals surface area contributed by atoms with Crippen LogP contribution >= 0.6 is 0 Å². The number of furan rings is 1. The average molecular weight is 559 g/mol. The van der Waals surface area contributed by atoms with Gasteiger partial charge >= 0.3 is 11.9 Å². The van der Waals surface area contributed by atoms with Gasteiger partial charge in [-0.3, -0.25) is 24.5 Å². The SMILES string of the molecule is C[C@]12CCC(=O)C=C1CC[C@@H]1[C@@H]2C(=O)C[C@@]2(C)[C@H]1CC[C@]2(O)C(=O)CO.NC(=O)N/N=C/c1ccc([N+](=O)[O-])o1. The molecule has 13 heteroatoms. The summed E-state index contributed by atoms with van der Waals surface area (Å²) in [6, 6.07) is 1.68. The van der Waals surface area contributed by atoms with Gasteiger partial charge in [0, 0.05) is 24.2 Å². The predicted octanol–water partition coefficient (Wildman–Crippen LogP) is 2.18. The smallest absolute Gasteiger partial charge is 0.400 e. The summed E-state index contributed by atoms with van der Waals surface area (Å²) in [7, 11) is 0. The molecule has 0 saturated heterocycles. The van der Waals surface area contributed by atoms with Gasteiger partial charge in [0.05, 0.1) is 12.3 Å². The molecule has 0 spiro atoms. The van der Waals surface area contributed by atoms with Crippen LogP contribution in [0.3, 0.4) is 0 Å². The molecule has 3 fully saturated rings. The van der Waals surface area contributed by atoms with E-state index in [0.29, 0.717) is 25.7 Å². The number of hydrogen-bond acceptors (Lipinski definition) is 10. The van der Waals surface area contributed by atoms with Crippen LogP contribution in [0.2, 0.25) is 0 Å². The van der Waals surface area contributed by atoms with Crippen LogP contribution in [0.5, 0.6) is 0 Å². The minimum absolute atomic E-state index is 0.0988. The number of hydrazone groups is 1. The van der Waals surface area contributed by atoms with Crippen molar-refractivity contribution in [2.24, 2.45) is 39.4 Å². The number of aliphatic hydroxyl groups excluding tert-OH is 1. The van der Waals surface area contributed by atoms with Crippen LogP contribution < -0.4 is 11.2 Å². The second-order valence-corrected chi connectivity index (χ2v) is 11.5. The van der Waals surface area contributed by atoms with Gasteiger partial charge in [-0.05, 0) is 61.5 Å². The van der Waals surface area contributed by atoms with E-state index in [-0.39, 0.29) is 46.9 Å². The third-order valence-corrected chi connectivity index (χ3v) is 9.57. The van der Waals surface area contributed by atoms with Crippen molar-refractivity contribution in [3.63, 3.8) is 0 Å². The molecular formula is C27H34N4O9. The lowest BCUT2D eigenvalue weighted by Gasteiger charge is -2.57. The van der Waals surface area contributed by atoms with E-state index in [1.165, 1.54) is 12.1 Å². The van der Waals surface area contributed by atoms with E-state index in [4.69, 9.17) is 5.73 Å². The Bertz CT molecular complexity index is 1300. The second-order valence-electron chi connectivity index (χ2n) is 11.5. The third-order valence-electron chi connectivity index (χ3n) is 9.57. The lowest BCUT2D eigenvalue weighted by atomic mass is 9.46. The van der Waals surface area contributed by atoms with E-state index >= 15 is 0 Å². The average Bonchev–Trinajstić information content (AvgIpc) is 3.47. The molecule has 4 aliphatic carbocycles. The zero-order chi connectivity index (χ0) is 29.5. The molecule has 13 nitrogen and oxygen atoms in total. The van der Waals surface area contributed by atoms with E-state index < -0.39 is 40.2 Å². The minimum Gasteiger partial charge on any atom is -0.400 e. The van der Waals surface area contributed by atoms with E-state index in [1.54, 1.807) is 6.08 Å². The molecule has 5 rings (SSSR count). The summed E-state index contributed by atoms with van der Waals surface area (Å²) in [5, 5.41) is 34.0. The summed E-state index contributed by atoms with van der Waals surface area (Å²) >= 11 is 0. The van der Waals surface area contributed by atoms with Gasteiger partial charge in [0.2, 0.25) is 0 Å². The number of Topliss-reactive ketones (excluding diaryl/α,β-unsaturated/α-hetero) is 2. The standard InChI is InChI=1S/C21H28O5.C6H6N4O4/c1-19-7-5-13(23)9-12(19)3-4-14-15-6-8-21(26,17(25)11-22)20(15,2)10-16(24)18(14)19;7-6(11)9-8-3-4-1-2-5(14-4)10(12)13/h9,14-15,18,22,26H,3-8,10-11H2,1-2H3;1-3H,(H3,7,9,11)/b;8-3+/t14-,15-,18+,19-,20-,21-;/m0./s1. The number of primary amides is 1. The van der Waals surface area contributed by atoms with E-state index in [1.807, 2.05) is 12.3 Å². The number of nitrogens with zero attached hydrogens (tertiary/aromatic N) is 2. The Kier molecular flexibility index (Phi) is 7.83. The summed E-state index contributed by atoms with van der Waals surface area (Å²) in [5.41, 5.74) is 5.07. The number of fused-ring (bicyclic) bond motifs is 5. The highest BCUT2D eigenvalue weighted by atomic mass is 16.6. The van der Waals surface area contributed by atoms with Crippen LogP contribution in [0.25, 0.3) is 0 Å². The van der Waals surface area contributed by atoms with Crippen LogP contribution in [-0.4, -0.2) is 56.9 Å². The fourth-order valence-corrected chi connectivity index (χ4v) is 7.65.